The van der Waals surface area contributed by atoms with Crippen molar-refractivity contribution in [1.82, 2.24) is 9.69 Å². The van der Waals surface area contributed by atoms with Crippen LogP contribution in [0, 0.1) is 0 Å². The Labute approximate surface area is 220 Å². The first-order valence-electron chi connectivity index (χ1n) is 12.0. The summed E-state index contributed by atoms with van der Waals surface area (Å²) < 4.78 is 3.97. The number of anilines is 2. The van der Waals surface area contributed by atoms with Gasteiger partial charge in [0.15, 0.2) is 5.69 Å². The average molecular weight is 524 g/mol. The van der Waals surface area contributed by atoms with E-state index in [-0.39, 0.29) is 27.9 Å². The molecule has 1 unspecified atom stereocenters. The SMILES string of the molecule is CCC(C)(C)NC(=O)C(c1ccc(O)cc1)N(C(=O)c1snc(C(N)=O)c1N)c1ccc(C(C)C)cc1. The smallest absolute Gasteiger partial charge is 0.273 e. The lowest BCUT2D eigenvalue weighted by Crippen LogP contribution is -2.50. The monoisotopic (exact) mass is 523 g/mol. The average Bonchev–Trinajstić information content (AvgIpc) is 3.24. The molecule has 1 aromatic heterocycles. The highest BCUT2D eigenvalue weighted by Gasteiger charge is 2.37. The number of carbonyl (C=O) groups is 3. The Morgan fingerprint density at radius 1 is 1.05 bits per heavy atom. The predicted octanol–water partition coefficient (Wildman–Crippen LogP) is 4.35. The molecule has 0 bridgehead atoms. The number of rotatable bonds is 9. The molecule has 9 nitrogen and oxygen atoms in total. The van der Waals surface area contributed by atoms with E-state index in [4.69, 9.17) is 11.5 Å². The fourth-order valence-corrected chi connectivity index (χ4v) is 4.45. The largest absolute Gasteiger partial charge is 0.508 e. The number of hydrogen-bond acceptors (Lipinski definition) is 7. The van der Waals surface area contributed by atoms with Crippen LogP contribution in [-0.2, 0) is 4.79 Å². The normalized spacial score (nSPS) is 12.3. The topological polar surface area (TPSA) is 152 Å². The van der Waals surface area contributed by atoms with Crippen molar-refractivity contribution in [2.45, 2.75) is 58.5 Å². The van der Waals surface area contributed by atoms with Gasteiger partial charge in [-0.05, 0) is 73.1 Å². The van der Waals surface area contributed by atoms with Gasteiger partial charge in [0.1, 0.15) is 16.7 Å². The van der Waals surface area contributed by atoms with E-state index in [0.717, 1.165) is 17.1 Å². The third-order valence-corrected chi connectivity index (χ3v) is 7.12. The number of carbonyl (C=O) groups excluding carboxylic acids is 3. The zero-order chi connectivity index (χ0) is 27.5. The van der Waals surface area contributed by atoms with Crippen molar-refractivity contribution in [3.63, 3.8) is 0 Å². The molecule has 10 heteroatoms. The van der Waals surface area contributed by atoms with Crippen molar-refractivity contribution in [2.75, 3.05) is 10.6 Å². The minimum Gasteiger partial charge on any atom is -0.508 e. The standard InChI is InChI=1S/C27H33N5O4S/c1-6-27(4,5)30-25(35)22(17-9-13-19(33)14-10-17)32(18-11-7-16(8-12-18)15(2)3)26(36)23-20(28)21(24(29)34)31-37-23/h7-15,22,33H,6,28H2,1-5H3,(H2,29,34)(H,30,35). The number of benzene rings is 2. The van der Waals surface area contributed by atoms with Gasteiger partial charge in [0.2, 0.25) is 5.91 Å². The molecule has 1 heterocycles. The molecular formula is C27H33N5O4S. The van der Waals surface area contributed by atoms with Gasteiger partial charge >= 0.3 is 0 Å². The molecule has 0 aliphatic heterocycles. The van der Waals surface area contributed by atoms with Crippen LogP contribution in [0.25, 0.3) is 0 Å². The number of aromatic hydroxyl groups is 1. The molecule has 0 spiro atoms. The van der Waals surface area contributed by atoms with Crippen LogP contribution >= 0.6 is 11.5 Å². The summed E-state index contributed by atoms with van der Waals surface area (Å²) in [4.78, 5) is 41.0. The van der Waals surface area contributed by atoms with Gasteiger partial charge < -0.3 is 21.9 Å². The van der Waals surface area contributed by atoms with Crippen LogP contribution in [0.2, 0.25) is 0 Å². The van der Waals surface area contributed by atoms with Gasteiger partial charge in [0, 0.05) is 11.2 Å². The van der Waals surface area contributed by atoms with Crippen LogP contribution in [-0.4, -0.2) is 32.7 Å². The number of nitrogens with two attached hydrogens (primary N) is 2. The minimum atomic E-state index is -1.12. The van der Waals surface area contributed by atoms with Gasteiger partial charge in [-0.25, -0.2) is 0 Å². The summed E-state index contributed by atoms with van der Waals surface area (Å²) in [6.07, 6.45) is 0.655. The lowest BCUT2D eigenvalue weighted by molar-refractivity contribution is -0.124. The zero-order valence-electron chi connectivity index (χ0n) is 21.6. The fraction of sp³-hybridized carbons (Fsp3) is 0.333. The molecule has 0 aliphatic rings. The van der Waals surface area contributed by atoms with Gasteiger partial charge in [0.25, 0.3) is 11.8 Å². The zero-order valence-corrected chi connectivity index (χ0v) is 22.4. The van der Waals surface area contributed by atoms with Crippen LogP contribution in [0.5, 0.6) is 5.75 Å². The Balaban J connectivity index is 2.23. The number of nitrogen functional groups attached to an aromatic ring is 1. The highest BCUT2D eigenvalue weighted by Crippen LogP contribution is 2.34. The van der Waals surface area contributed by atoms with E-state index in [1.54, 1.807) is 24.3 Å². The molecule has 6 N–H and O–H groups in total. The van der Waals surface area contributed by atoms with Gasteiger partial charge in [0.05, 0.1) is 5.69 Å². The van der Waals surface area contributed by atoms with E-state index in [2.05, 4.69) is 23.5 Å². The molecule has 3 amide bonds. The number of phenolic OH excluding ortho intramolecular Hbond substituents is 1. The Morgan fingerprint density at radius 2 is 1.62 bits per heavy atom. The highest BCUT2D eigenvalue weighted by molar-refractivity contribution is 7.09. The first kappa shape index (κ1) is 27.7. The number of phenols is 1. The Bertz CT molecular complexity index is 1280. The summed E-state index contributed by atoms with van der Waals surface area (Å²) in [5, 5.41) is 12.9. The molecule has 0 saturated heterocycles. The van der Waals surface area contributed by atoms with E-state index in [0.29, 0.717) is 17.7 Å². The van der Waals surface area contributed by atoms with E-state index in [1.165, 1.54) is 17.0 Å². The van der Waals surface area contributed by atoms with Crippen molar-refractivity contribution in [2.24, 2.45) is 5.73 Å². The first-order valence-corrected chi connectivity index (χ1v) is 12.7. The third kappa shape index (κ3) is 6.08. The van der Waals surface area contributed by atoms with E-state index >= 15 is 0 Å². The molecule has 0 radical (unpaired) electrons. The second-order valence-electron chi connectivity index (χ2n) is 9.78. The first-order chi connectivity index (χ1) is 17.4. The number of hydrogen-bond donors (Lipinski definition) is 4. The minimum absolute atomic E-state index is 0.00642. The van der Waals surface area contributed by atoms with Crippen LogP contribution in [0.3, 0.4) is 0 Å². The predicted molar refractivity (Wildman–Crippen MR) is 146 cm³/mol. The highest BCUT2D eigenvalue weighted by atomic mass is 32.1. The van der Waals surface area contributed by atoms with Crippen molar-refractivity contribution < 1.29 is 19.5 Å². The maximum atomic E-state index is 14.1. The van der Waals surface area contributed by atoms with E-state index < -0.39 is 29.3 Å². The van der Waals surface area contributed by atoms with Gasteiger partial charge in [-0.3, -0.25) is 19.3 Å². The third-order valence-electron chi connectivity index (χ3n) is 6.27. The Kier molecular flexibility index (Phi) is 8.22. The van der Waals surface area contributed by atoms with Crippen LogP contribution in [0.1, 0.15) is 84.3 Å². The van der Waals surface area contributed by atoms with Gasteiger partial charge in [-0.2, -0.15) is 4.37 Å². The number of nitrogens with one attached hydrogen (secondary N) is 1. The molecule has 3 aromatic rings. The fourth-order valence-electron chi connectivity index (χ4n) is 3.71. The molecule has 37 heavy (non-hydrogen) atoms. The lowest BCUT2D eigenvalue weighted by atomic mass is 9.97. The lowest BCUT2D eigenvalue weighted by Gasteiger charge is -2.34. The molecule has 0 aliphatic carbocycles. The second-order valence-corrected chi connectivity index (χ2v) is 10.6. The molecule has 0 saturated carbocycles. The molecule has 3 rings (SSSR count). The Morgan fingerprint density at radius 3 is 2.11 bits per heavy atom. The number of amides is 3. The van der Waals surface area contributed by atoms with Gasteiger partial charge in [-0.1, -0.05) is 45.0 Å². The quantitative estimate of drug-likeness (QED) is 0.327. The van der Waals surface area contributed by atoms with Crippen molar-refractivity contribution in [3.05, 3.63) is 70.2 Å². The van der Waals surface area contributed by atoms with Crippen molar-refractivity contribution in [3.8, 4) is 5.75 Å². The molecule has 0 fully saturated rings. The van der Waals surface area contributed by atoms with E-state index in [9.17, 15) is 19.5 Å². The summed E-state index contributed by atoms with van der Waals surface area (Å²) >= 11 is 0.749. The summed E-state index contributed by atoms with van der Waals surface area (Å²) in [7, 11) is 0. The van der Waals surface area contributed by atoms with Crippen LogP contribution in [0.15, 0.2) is 48.5 Å². The van der Waals surface area contributed by atoms with Gasteiger partial charge in [-0.15, -0.1) is 0 Å². The summed E-state index contributed by atoms with van der Waals surface area (Å²) in [5.41, 5.74) is 12.6. The van der Waals surface area contributed by atoms with Crippen molar-refractivity contribution >= 4 is 40.6 Å². The Hall–Kier alpha value is -3.92. The maximum absolute atomic E-state index is 14.1. The van der Waals surface area contributed by atoms with Crippen LogP contribution < -0.4 is 21.7 Å². The summed E-state index contributed by atoms with van der Waals surface area (Å²) in [6, 6.07) is 12.3. The summed E-state index contributed by atoms with van der Waals surface area (Å²) in [5.74, 6) is -1.60. The molecule has 196 valence electrons. The number of nitrogens with zero attached hydrogens (tertiary/aromatic N) is 2. The number of aromatic nitrogens is 1. The second kappa shape index (κ2) is 11.0. The molecule has 1 atom stereocenters. The molecular weight excluding hydrogens is 490 g/mol. The maximum Gasteiger partial charge on any atom is 0.273 e. The summed E-state index contributed by atoms with van der Waals surface area (Å²) in [6.45, 7) is 9.85. The number of primary amides is 1. The molecule has 2 aromatic carbocycles. The van der Waals surface area contributed by atoms with Crippen LogP contribution in [0.4, 0.5) is 11.4 Å². The van der Waals surface area contributed by atoms with Crippen molar-refractivity contribution in [1.29, 1.82) is 0 Å². The van der Waals surface area contributed by atoms with E-state index in [1.807, 2.05) is 32.9 Å².